The van der Waals surface area contributed by atoms with Gasteiger partial charge < -0.3 is 14.4 Å². The van der Waals surface area contributed by atoms with Crippen LogP contribution < -0.4 is 9.47 Å². The van der Waals surface area contributed by atoms with Crippen LogP contribution in [0.2, 0.25) is 10.0 Å². The van der Waals surface area contributed by atoms with Crippen molar-refractivity contribution in [3.63, 3.8) is 0 Å². The monoisotopic (exact) mass is 598 g/mol. The highest BCUT2D eigenvalue weighted by Crippen LogP contribution is 2.38. The van der Waals surface area contributed by atoms with Gasteiger partial charge in [0.1, 0.15) is 13.2 Å². The Morgan fingerprint density at radius 3 is 2.54 bits per heavy atom. The Bertz CT molecular complexity index is 1220. The Kier molecular flexibility index (Phi) is 8.31. The number of hydrogen-bond donors (Lipinski definition) is 0. The van der Waals surface area contributed by atoms with Gasteiger partial charge in [0.2, 0.25) is 5.91 Å². The van der Waals surface area contributed by atoms with Crippen molar-refractivity contribution in [3.05, 3.63) is 60.9 Å². The number of benzene rings is 2. The minimum Gasteiger partial charge on any atom is -0.493 e. The number of ether oxygens (including phenoxy) is 2. The number of rotatable bonds is 7. The van der Waals surface area contributed by atoms with Crippen LogP contribution in [0.5, 0.6) is 11.5 Å². The number of methoxy groups -OCH3 is 1. The van der Waals surface area contributed by atoms with Crippen LogP contribution >= 0.6 is 50.9 Å². The molecule has 0 unspecified atom stereocenters. The van der Waals surface area contributed by atoms with E-state index in [2.05, 4.69) is 15.9 Å². The van der Waals surface area contributed by atoms with Crippen LogP contribution in [0.1, 0.15) is 24.0 Å². The predicted octanol–water partition coefficient (Wildman–Crippen LogP) is 6.00. The van der Waals surface area contributed by atoms with Gasteiger partial charge >= 0.3 is 0 Å². The van der Waals surface area contributed by atoms with E-state index in [0.29, 0.717) is 44.7 Å². The molecule has 0 spiro atoms. The maximum Gasteiger partial charge on any atom is 0.294 e. The molecule has 2 aromatic rings. The van der Waals surface area contributed by atoms with Crippen molar-refractivity contribution in [2.45, 2.75) is 19.4 Å². The SMILES string of the molecule is COc1cc(/C=C2/SC(=O)N(CC(=O)N3CCCC3)C2=O)c(Br)cc1OCc1ccc(Cl)c(Cl)c1. The second kappa shape index (κ2) is 11.2. The average Bonchev–Trinajstić information content (AvgIpc) is 3.46. The van der Waals surface area contributed by atoms with Crippen molar-refractivity contribution in [3.8, 4) is 11.5 Å². The molecule has 0 aliphatic carbocycles. The number of nitrogens with zero attached hydrogens (tertiary/aromatic N) is 2. The molecule has 2 aromatic carbocycles. The zero-order chi connectivity index (χ0) is 25.1. The number of hydrogen-bond acceptors (Lipinski definition) is 6. The van der Waals surface area contributed by atoms with E-state index in [9.17, 15) is 14.4 Å². The number of carbonyl (C=O) groups excluding carboxylic acids is 3. The molecule has 2 aliphatic rings. The zero-order valence-corrected chi connectivity index (χ0v) is 22.6. The number of amides is 3. The fraction of sp³-hybridized carbons (Fsp3) is 0.292. The highest BCUT2D eigenvalue weighted by Gasteiger charge is 2.37. The van der Waals surface area contributed by atoms with E-state index in [1.54, 1.807) is 35.2 Å². The summed E-state index contributed by atoms with van der Waals surface area (Å²) in [6, 6.07) is 8.67. The van der Waals surface area contributed by atoms with E-state index in [4.69, 9.17) is 32.7 Å². The van der Waals surface area contributed by atoms with Gasteiger partial charge in [0.15, 0.2) is 11.5 Å². The lowest BCUT2D eigenvalue weighted by molar-refractivity contribution is -0.135. The highest BCUT2D eigenvalue weighted by molar-refractivity contribution is 9.10. The van der Waals surface area contributed by atoms with E-state index < -0.39 is 11.1 Å². The summed E-state index contributed by atoms with van der Waals surface area (Å²) in [5, 5.41) is 0.440. The Balaban J connectivity index is 1.49. The van der Waals surface area contributed by atoms with Crippen LogP contribution in [-0.2, 0) is 16.2 Å². The van der Waals surface area contributed by atoms with Crippen molar-refractivity contribution < 1.29 is 23.9 Å². The maximum absolute atomic E-state index is 12.9. The summed E-state index contributed by atoms with van der Waals surface area (Å²) in [4.78, 5) is 40.7. The largest absolute Gasteiger partial charge is 0.493 e. The minimum absolute atomic E-state index is 0.211. The molecule has 2 saturated heterocycles. The molecule has 0 aromatic heterocycles. The van der Waals surface area contributed by atoms with Gasteiger partial charge in [-0.05, 0) is 66.1 Å². The van der Waals surface area contributed by atoms with Crippen LogP contribution in [0.4, 0.5) is 4.79 Å². The molecule has 0 radical (unpaired) electrons. The second-order valence-corrected chi connectivity index (χ2v) is 10.6. The Hall–Kier alpha value is -2.20. The summed E-state index contributed by atoms with van der Waals surface area (Å²) in [5.41, 5.74) is 1.46. The Labute approximate surface area is 225 Å². The zero-order valence-electron chi connectivity index (χ0n) is 18.7. The third kappa shape index (κ3) is 5.97. The van der Waals surface area contributed by atoms with Gasteiger partial charge in [-0.15, -0.1) is 0 Å². The Morgan fingerprint density at radius 2 is 1.86 bits per heavy atom. The topological polar surface area (TPSA) is 76.2 Å². The lowest BCUT2D eigenvalue weighted by atomic mass is 10.1. The summed E-state index contributed by atoms with van der Waals surface area (Å²) >= 11 is 16.3. The third-order valence-electron chi connectivity index (χ3n) is 5.57. The van der Waals surface area contributed by atoms with Gasteiger partial charge in [-0.3, -0.25) is 19.3 Å². The number of thioether (sulfide) groups is 1. The molecule has 4 rings (SSSR count). The van der Waals surface area contributed by atoms with Crippen molar-refractivity contribution in [2.75, 3.05) is 26.7 Å². The number of halogens is 3. The molecule has 0 N–H and O–H groups in total. The molecular weight excluding hydrogens is 579 g/mol. The molecule has 2 heterocycles. The van der Waals surface area contributed by atoms with Crippen molar-refractivity contribution >= 4 is 74.0 Å². The smallest absolute Gasteiger partial charge is 0.294 e. The molecule has 7 nitrogen and oxygen atoms in total. The quantitative estimate of drug-likeness (QED) is 0.363. The van der Waals surface area contributed by atoms with Crippen LogP contribution in [0.3, 0.4) is 0 Å². The van der Waals surface area contributed by atoms with Gasteiger partial charge in [-0.2, -0.15) is 0 Å². The summed E-state index contributed by atoms with van der Waals surface area (Å²) in [5.74, 6) is 0.227. The first-order valence-corrected chi connectivity index (χ1v) is 13.1. The van der Waals surface area contributed by atoms with E-state index in [1.165, 1.54) is 7.11 Å². The molecule has 184 valence electrons. The fourth-order valence-corrected chi connectivity index (χ4v) is 5.29. The van der Waals surface area contributed by atoms with Gasteiger partial charge in [0, 0.05) is 17.6 Å². The summed E-state index contributed by atoms with van der Waals surface area (Å²) in [7, 11) is 1.51. The van der Waals surface area contributed by atoms with Crippen LogP contribution in [0.15, 0.2) is 39.7 Å². The van der Waals surface area contributed by atoms with Crippen LogP contribution in [-0.4, -0.2) is 53.6 Å². The first-order chi connectivity index (χ1) is 16.8. The van der Waals surface area contributed by atoms with E-state index in [1.807, 2.05) is 6.07 Å². The van der Waals surface area contributed by atoms with E-state index in [-0.39, 0.29) is 24.0 Å². The van der Waals surface area contributed by atoms with Gasteiger partial charge in [0.25, 0.3) is 11.1 Å². The van der Waals surface area contributed by atoms with Crippen molar-refractivity contribution in [1.29, 1.82) is 0 Å². The normalized spacial score (nSPS) is 17.0. The van der Waals surface area contributed by atoms with E-state index >= 15 is 0 Å². The molecule has 2 aliphatic heterocycles. The minimum atomic E-state index is -0.488. The summed E-state index contributed by atoms with van der Waals surface area (Å²) in [6.45, 7) is 1.32. The Morgan fingerprint density at radius 1 is 1.11 bits per heavy atom. The number of imide groups is 1. The number of carbonyl (C=O) groups is 3. The standard InChI is InChI=1S/C24H21BrCl2N2O5S/c1-33-19-9-15(16(25)11-20(19)34-13-14-4-5-17(26)18(27)8-14)10-21-23(31)29(24(32)35-21)12-22(30)28-6-2-3-7-28/h4-5,8-11H,2-3,6-7,12-13H2,1H3/b21-10+. The molecule has 3 amide bonds. The first kappa shape index (κ1) is 25.9. The fourth-order valence-electron chi connectivity index (χ4n) is 3.70. The van der Waals surface area contributed by atoms with Crippen molar-refractivity contribution in [2.24, 2.45) is 0 Å². The number of likely N-dealkylation sites (tertiary alicyclic amines) is 1. The lowest BCUT2D eigenvalue weighted by Crippen LogP contribution is -2.40. The molecule has 11 heteroatoms. The van der Waals surface area contributed by atoms with Crippen LogP contribution in [0.25, 0.3) is 6.08 Å². The van der Waals surface area contributed by atoms with Gasteiger partial charge in [-0.1, -0.05) is 45.2 Å². The van der Waals surface area contributed by atoms with Gasteiger partial charge in [-0.25, -0.2) is 0 Å². The van der Waals surface area contributed by atoms with E-state index in [0.717, 1.165) is 35.1 Å². The van der Waals surface area contributed by atoms with Crippen LogP contribution in [0, 0.1) is 0 Å². The second-order valence-electron chi connectivity index (χ2n) is 7.92. The molecule has 0 atom stereocenters. The van der Waals surface area contributed by atoms with Crippen molar-refractivity contribution in [1.82, 2.24) is 9.80 Å². The maximum atomic E-state index is 12.9. The summed E-state index contributed by atoms with van der Waals surface area (Å²) in [6.07, 6.45) is 3.48. The highest BCUT2D eigenvalue weighted by atomic mass is 79.9. The summed E-state index contributed by atoms with van der Waals surface area (Å²) < 4.78 is 12.0. The first-order valence-electron chi connectivity index (χ1n) is 10.7. The van der Waals surface area contributed by atoms with Gasteiger partial charge in [0.05, 0.1) is 22.1 Å². The molecule has 0 saturated carbocycles. The average molecular weight is 600 g/mol. The lowest BCUT2D eigenvalue weighted by Gasteiger charge is -2.18. The molecule has 35 heavy (non-hydrogen) atoms. The third-order valence-corrected chi connectivity index (χ3v) is 7.91. The predicted molar refractivity (Wildman–Crippen MR) is 140 cm³/mol. The molecular formula is C24H21BrCl2N2O5S. The molecule has 2 fully saturated rings. The molecule has 0 bridgehead atoms.